The van der Waals surface area contributed by atoms with E-state index >= 15 is 0 Å². The number of aryl methyl sites for hydroxylation is 1. The third-order valence-electron chi connectivity index (χ3n) is 3.46. The van der Waals surface area contributed by atoms with Crippen LogP contribution < -0.4 is 10.1 Å². The van der Waals surface area contributed by atoms with Crippen LogP contribution in [0.5, 0.6) is 5.75 Å². The van der Waals surface area contributed by atoms with Crippen LogP contribution in [0.1, 0.15) is 20.8 Å². The SMILES string of the molecule is COC(=O)c1c(NC(=O)CSc2ccc(OC)cc2)sc(C)c1C. The maximum absolute atomic E-state index is 12.2. The maximum Gasteiger partial charge on any atom is 0.341 e. The summed E-state index contributed by atoms with van der Waals surface area (Å²) in [7, 11) is 2.94. The minimum Gasteiger partial charge on any atom is -0.497 e. The predicted octanol–water partition coefficient (Wildman–Crippen LogP) is 3.89. The fourth-order valence-electron chi connectivity index (χ4n) is 2.05. The van der Waals surface area contributed by atoms with Crippen molar-refractivity contribution in [3.8, 4) is 5.75 Å². The summed E-state index contributed by atoms with van der Waals surface area (Å²) in [6.07, 6.45) is 0. The summed E-state index contributed by atoms with van der Waals surface area (Å²) in [6.45, 7) is 3.76. The Morgan fingerprint density at radius 3 is 2.42 bits per heavy atom. The smallest absolute Gasteiger partial charge is 0.341 e. The Morgan fingerprint density at radius 2 is 1.83 bits per heavy atom. The van der Waals surface area contributed by atoms with Crippen LogP contribution >= 0.6 is 23.1 Å². The van der Waals surface area contributed by atoms with Crippen molar-refractivity contribution in [1.82, 2.24) is 0 Å². The molecule has 0 bridgehead atoms. The van der Waals surface area contributed by atoms with Crippen LogP contribution in [0.25, 0.3) is 0 Å². The van der Waals surface area contributed by atoms with E-state index in [2.05, 4.69) is 5.32 Å². The van der Waals surface area contributed by atoms with Crippen molar-refractivity contribution in [2.45, 2.75) is 18.7 Å². The molecule has 0 radical (unpaired) electrons. The van der Waals surface area contributed by atoms with Crippen molar-refractivity contribution >= 4 is 40.0 Å². The Balaban J connectivity index is 2.02. The first-order valence-corrected chi connectivity index (χ1v) is 9.01. The number of hydrogen-bond acceptors (Lipinski definition) is 6. The van der Waals surface area contributed by atoms with Crippen molar-refractivity contribution in [3.63, 3.8) is 0 Å². The second kappa shape index (κ2) is 8.21. The highest BCUT2D eigenvalue weighted by Crippen LogP contribution is 2.33. The molecular weight excluding hydrogens is 346 g/mol. The van der Waals surface area contributed by atoms with Crippen LogP contribution in [-0.4, -0.2) is 31.8 Å². The molecule has 0 fully saturated rings. The van der Waals surface area contributed by atoms with Gasteiger partial charge in [-0.25, -0.2) is 4.79 Å². The lowest BCUT2D eigenvalue weighted by Gasteiger charge is -2.06. The molecule has 0 saturated heterocycles. The van der Waals surface area contributed by atoms with Gasteiger partial charge in [-0.15, -0.1) is 23.1 Å². The van der Waals surface area contributed by atoms with Crippen LogP contribution in [-0.2, 0) is 9.53 Å². The molecule has 1 N–H and O–H groups in total. The molecule has 24 heavy (non-hydrogen) atoms. The molecule has 0 aliphatic rings. The predicted molar refractivity (Wildman–Crippen MR) is 97.5 cm³/mol. The number of carbonyl (C=O) groups excluding carboxylic acids is 2. The first kappa shape index (κ1) is 18.4. The zero-order valence-corrected chi connectivity index (χ0v) is 15.6. The van der Waals surface area contributed by atoms with Gasteiger partial charge < -0.3 is 14.8 Å². The molecule has 1 aromatic carbocycles. The molecule has 0 aliphatic heterocycles. The van der Waals surface area contributed by atoms with E-state index in [9.17, 15) is 9.59 Å². The minimum atomic E-state index is -0.435. The lowest BCUT2D eigenvalue weighted by molar-refractivity contribution is -0.113. The number of carbonyl (C=O) groups is 2. The van der Waals surface area contributed by atoms with E-state index in [1.807, 2.05) is 38.1 Å². The number of hydrogen-bond donors (Lipinski definition) is 1. The molecule has 5 nitrogen and oxygen atoms in total. The number of esters is 1. The molecule has 1 aromatic heterocycles. The third-order valence-corrected chi connectivity index (χ3v) is 5.59. The molecular formula is C17H19NO4S2. The largest absolute Gasteiger partial charge is 0.497 e. The van der Waals surface area contributed by atoms with Gasteiger partial charge in [-0.05, 0) is 43.7 Å². The van der Waals surface area contributed by atoms with E-state index in [-0.39, 0.29) is 11.7 Å². The third kappa shape index (κ3) is 4.30. The van der Waals surface area contributed by atoms with Crippen molar-refractivity contribution in [1.29, 1.82) is 0 Å². The molecule has 0 aliphatic carbocycles. The standard InChI is InChI=1S/C17H19NO4S2/c1-10-11(2)24-16(15(10)17(20)22-4)18-14(19)9-23-13-7-5-12(21-3)6-8-13/h5-8H,9H2,1-4H3,(H,18,19). The summed E-state index contributed by atoms with van der Waals surface area (Å²) in [4.78, 5) is 26.0. The fraction of sp³-hybridized carbons (Fsp3) is 0.294. The summed E-state index contributed by atoms with van der Waals surface area (Å²) in [6, 6.07) is 7.50. The number of anilines is 1. The monoisotopic (exact) mass is 365 g/mol. The van der Waals surface area contributed by atoms with Gasteiger partial charge in [0.2, 0.25) is 5.91 Å². The van der Waals surface area contributed by atoms with Crippen molar-refractivity contribution < 1.29 is 19.1 Å². The van der Waals surface area contributed by atoms with Crippen LogP contribution in [0.15, 0.2) is 29.2 Å². The molecule has 2 rings (SSSR count). The normalized spacial score (nSPS) is 10.3. The molecule has 128 valence electrons. The van der Waals surface area contributed by atoms with E-state index in [1.54, 1.807) is 7.11 Å². The van der Waals surface area contributed by atoms with Crippen LogP contribution in [0.4, 0.5) is 5.00 Å². The van der Waals surface area contributed by atoms with Gasteiger partial charge in [0.15, 0.2) is 0 Å². The van der Waals surface area contributed by atoms with E-state index < -0.39 is 5.97 Å². The molecule has 0 saturated carbocycles. The number of nitrogens with one attached hydrogen (secondary N) is 1. The Hall–Kier alpha value is -1.99. The Kier molecular flexibility index (Phi) is 6.28. The molecule has 2 aromatic rings. The lowest BCUT2D eigenvalue weighted by atomic mass is 10.1. The maximum atomic E-state index is 12.2. The Morgan fingerprint density at radius 1 is 1.17 bits per heavy atom. The molecule has 0 spiro atoms. The average Bonchev–Trinajstić information content (AvgIpc) is 2.86. The molecule has 0 atom stereocenters. The van der Waals surface area contributed by atoms with Gasteiger partial charge in [-0.1, -0.05) is 0 Å². The van der Waals surface area contributed by atoms with E-state index in [1.165, 1.54) is 30.2 Å². The summed E-state index contributed by atoms with van der Waals surface area (Å²) in [5, 5.41) is 3.35. The summed E-state index contributed by atoms with van der Waals surface area (Å²) < 4.78 is 9.91. The van der Waals surface area contributed by atoms with Gasteiger partial charge in [0.25, 0.3) is 0 Å². The van der Waals surface area contributed by atoms with Gasteiger partial charge in [0.05, 0.1) is 25.5 Å². The first-order valence-electron chi connectivity index (χ1n) is 7.21. The number of benzene rings is 1. The van der Waals surface area contributed by atoms with Gasteiger partial charge in [-0.2, -0.15) is 0 Å². The van der Waals surface area contributed by atoms with Crippen molar-refractivity contribution in [3.05, 3.63) is 40.3 Å². The lowest BCUT2D eigenvalue weighted by Crippen LogP contribution is -2.16. The number of methoxy groups -OCH3 is 2. The van der Waals surface area contributed by atoms with E-state index in [0.717, 1.165) is 21.1 Å². The number of ether oxygens (including phenoxy) is 2. The highest BCUT2D eigenvalue weighted by atomic mass is 32.2. The number of thioether (sulfide) groups is 1. The minimum absolute atomic E-state index is 0.165. The average molecular weight is 365 g/mol. The van der Waals surface area contributed by atoms with Gasteiger partial charge in [0, 0.05) is 9.77 Å². The number of thiophene rings is 1. The zero-order chi connectivity index (χ0) is 17.7. The van der Waals surface area contributed by atoms with Crippen LogP contribution in [0.2, 0.25) is 0 Å². The highest BCUT2D eigenvalue weighted by Gasteiger charge is 2.21. The number of rotatable bonds is 6. The topological polar surface area (TPSA) is 64.6 Å². The Labute approximate surface area is 149 Å². The van der Waals surface area contributed by atoms with Crippen molar-refractivity contribution in [2.75, 3.05) is 25.3 Å². The summed E-state index contributed by atoms with van der Waals surface area (Å²) in [5.41, 5.74) is 1.27. The summed E-state index contributed by atoms with van der Waals surface area (Å²) >= 11 is 2.80. The van der Waals surface area contributed by atoms with E-state index in [4.69, 9.17) is 9.47 Å². The highest BCUT2D eigenvalue weighted by molar-refractivity contribution is 8.00. The first-order chi connectivity index (χ1) is 11.5. The second-order valence-corrected chi connectivity index (χ2v) is 7.26. The quantitative estimate of drug-likeness (QED) is 0.621. The number of amides is 1. The van der Waals surface area contributed by atoms with Crippen LogP contribution in [0, 0.1) is 13.8 Å². The van der Waals surface area contributed by atoms with Gasteiger partial charge >= 0.3 is 5.97 Å². The van der Waals surface area contributed by atoms with Crippen molar-refractivity contribution in [2.24, 2.45) is 0 Å². The molecule has 1 heterocycles. The van der Waals surface area contributed by atoms with Crippen LogP contribution in [0.3, 0.4) is 0 Å². The molecule has 7 heteroatoms. The Bertz CT molecular complexity index is 738. The zero-order valence-electron chi connectivity index (χ0n) is 14.0. The summed E-state index contributed by atoms with van der Waals surface area (Å²) in [5.74, 6) is 0.427. The van der Waals surface area contributed by atoms with Gasteiger partial charge in [-0.3, -0.25) is 4.79 Å². The second-order valence-electron chi connectivity index (χ2n) is 4.99. The fourth-order valence-corrected chi connectivity index (χ4v) is 3.81. The van der Waals surface area contributed by atoms with Gasteiger partial charge in [0.1, 0.15) is 10.8 Å². The molecule has 0 unspecified atom stereocenters. The molecule has 1 amide bonds. The van der Waals surface area contributed by atoms with E-state index in [0.29, 0.717) is 10.6 Å².